The van der Waals surface area contributed by atoms with Crippen LogP contribution in [0.2, 0.25) is 5.02 Å². The molecule has 0 aromatic heterocycles. The molecule has 1 unspecified atom stereocenters. The first-order valence-corrected chi connectivity index (χ1v) is 11.3. The van der Waals surface area contributed by atoms with Crippen molar-refractivity contribution in [1.82, 2.24) is 10.4 Å². The van der Waals surface area contributed by atoms with Crippen molar-refractivity contribution in [1.29, 1.82) is 0 Å². The Morgan fingerprint density at radius 1 is 1.00 bits per heavy atom. The van der Waals surface area contributed by atoms with Crippen molar-refractivity contribution in [2.75, 3.05) is 13.1 Å². The Morgan fingerprint density at radius 3 is 2.17 bits per heavy atom. The summed E-state index contributed by atoms with van der Waals surface area (Å²) in [7, 11) is 0. The average Bonchev–Trinajstić information content (AvgIpc) is 3.53. The molecule has 1 N–H and O–H groups in total. The van der Waals surface area contributed by atoms with E-state index in [2.05, 4.69) is 5.48 Å². The lowest BCUT2D eigenvalue weighted by Crippen LogP contribution is -2.59. The van der Waals surface area contributed by atoms with Crippen molar-refractivity contribution in [2.24, 2.45) is 5.92 Å². The average molecular weight is 535 g/mol. The van der Waals surface area contributed by atoms with E-state index in [4.69, 9.17) is 16.4 Å². The Hall–Kier alpha value is -2.79. The van der Waals surface area contributed by atoms with Crippen LogP contribution in [0, 0.1) is 5.92 Å². The van der Waals surface area contributed by atoms with Gasteiger partial charge in [0.1, 0.15) is 0 Å². The van der Waals surface area contributed by atoms with E-state index in [1.165, 1.54) is 29.2 Å². The summed E-state index contributed by atoms with van der Waals surface area (Å²) in [6.45, 7) is -0.192. The van der Waals surface area contributed by atoms with Crippen LogP contribution >= 0.6 is 11.6 Å². The number of benzene rings is 2. The summed E-state index contributed by atoms with van der Waals surface area (Å²) in [4.78, 5) is 18.4. The highest BCUT2D eigenvalue weighted by Gasteiger charge is 2.60. The largest absolute Gasteiger partial charge is 0.428 e. The molecule has 0 bridgehead atoms. The molecule has 1 saturated carbocycles. The molecule has 4 nitrogen and oxygen atoms in total. The van der Waals surface area contributed by atoms with Crippen LogP contribution < -0.4 is 5.48 Å². The maximum Gasteiger partial charge on any atom is 0.428 e. The molecule has 3 aliphatic rings. The minimum absolute atomic E-state index is 0.0287. The fourth-order valence-electron chi connectivity index (χ4n) is 4.39. The molecule has 0 spiro atoms. The second kappa shape index (κ2) is 8.11. The van der Waals surface area contributed by atoms with Crippen molar-refractivity contribution in [3.63, 3.8) is 0 Å². The van der Waals surface area contributed by atoms with Gasteiger partial charge < -0.3 is 4.90 Å². The topological polar surface area (TPSA) is 41.6 Å². The quantitative estimate of drug-likeness (QED) is 0.481. The first-order chi connectivity index (χ1) is 16.7. The van der Waals surface area contributed by atoms with Gasteiger partial charge in [-0.15, -0.1) is 0 Å². The van der Waals surface area contributed by atoms with Crippen molar-refractivity contribution >= 4 is 23.2 Å². The second-order valence-corrected chi connectivity index (χ2v) is 9.61. The number of amides is 1. The zero-order valence-electron chi connectivity index (χ0n) is 18.3. The number of hydroxylamine groups is 1. The third kappa shape index (κ3) is 4.11. The van der Waals surface area contributed by atoms with E-state index in [-0.39, 0.29) is 41.7 Å². The highest BCUT2D eigenvalue weighted by molar-refractivity contribution is 6.31. The zero-order valence-corrected chi connectivity index (χ0v) is 19.1. The van der Waals surface area contributed by atoms with Gasteiger partial charge in [0.25, 0.3) is 0 Å². The normalized spacial score (nSPS) is 23.7. The van der Waals surface area contributed by atoms with Crippen LogP contribution in [0.25, 0.3) is 5.70 Å². The Kier molecular flexibility index (Phi) is 5.60. The van der Waals surface area contributed by atoms with Crippen LogP contribution in [0.15, 0.2) is 48.5 Å². The molecule has 36 heavy (non-hydrogen) atoms. The number of halogens is 8. The molecule has 2 aromatic rings. The minimum atomic E-state index is -5.13. The molecule has 2 heterocycles. The number of hydrogen-bond acceptors (Lipinski definition) is 3. The molecule has 12 heteroatoms. The van der Waals surface area contributed by atoms with Gasteiger partial charge >= 0.3 is 12.4 Å². The molecule has 2 aromatic carbocycles. The summed E-state index contributed by atoms with van der Waals surface area (Å²) in [6.07, 6.45) is -7.86. The fourth-order valence-corrected chi connectivity index (χ4v) is 4.62. The second-order valence-electron chi connectivity index (χ2n) is 9.20. The molecule has 2 fully saturated rings. The summed E-state index contributed by atoms with van der Waals surface area (Å²) in [5, 5.41) is -0.747. The van der Waals surface area contributed by atoms with Gasteiger partial charge in [0, 0.05) is 11.5 Å². The lowest BCUT2D eigenvalue weighted by molar-refractivity contribution is -0.269. The monoisotopic (exact) mass is 534 g/mol. The van der Waals surface area contributed by atoms with Gasteiger partial charge in [0.2, 0.25) is 11.5 Å². The van der Waals surface area contributed by atoms with E-state index in [9.17, 15) is 31.1 Å². The predicted octanol–water partition coefficient (Wildman–Crippen LogP) is 6.11. The Morgan fingerprint density at radius 2 is 1.61 bits per heavy atom. The Balaban J connectivity index is 1.42. The molecule has 2 aliphatic heterocycles. The summed E-state index contributed by atoms with van der Waals surface area (Å²) in [5.41, 5.74) is -4.77. The maximum absolute atomic E-state index is 15.2. The number of nitrogens with zero attached hydrogens (tertiary/aromatic N) is 1. The van der Waals surface area contributed by atoms with Crippen molar-refractivity contribution < 1.29 is 40.4 Å². The highest BCUT2D eigenvalue weighted by atomic mass is 35.5. The highest BCUT2D eigenvalue weighted by Crippen LogP contribution is 2.49. The van der Waals surface area contributed by atoms with Crippen LogP contribution in [0.4, 0.5) is 30.7 Å². The number of alkyl halides is 7. The molecule has 0 radical (unpaired) electrons. The van der Waals surface area contributed by atoms with E-state index >= 15 is 4.39 Å². The molecule has 192 valence electrons. The maximum atomic E-state index is 15.2. The van der Waals surface area contributed by atoms with Crippen LogP contribution in [-0.4, -0.2) is 30.1 Å². The lowest BCUT2D eigenvalue weighted by Gasteiger charge is -2.45. The number of rotatable bonds is 4. The van der Waals surface area contributed by atoms with Gasteiger partial charge in [-0.1, -0.05) is 41.9 Å². The van der Waals surface area contributed by atoms with E-state index in [1.807, 2.05) is 0 Å². The Labute approximate surface area is 205 Å². The van der Waals surface area contributed by atoms with Gasteiger partial charge in [-0.2, -0.15) is 26.3 Å². The molecule has 1 atom stereocenters. The number of nitrogens with one attached hydrogen (secondary N) is 1. The van der Waals surface area contributed by atoms with Gasteiger partial charge in [0.15, 0.2) is 5.67 Å². The zero-order chi connectivity index (χ0) is 26.1. The molecular weight excluding hydrogens is 517 g/mol. The van der Waals surface area contributed by atoms with E-state index in [1.54, 1.807) is 0 Å². The van der Waals surface area contributed by atoms with Crippen molar-refractivity contribution in [2.45, 2.75) is 36.5 Å². The predicted molar refractivity (Wildman–Crippen MR) is 115 cm³/mol. The molecule has 5 rings (SSSR count). The van der Waals surface area contributed by atoms with Gasteiger partial charge in [-0.3, -0.25) is 15.1 Å². The third-order valence-electron chi connectivity index (χ3n) is 6.63. The SMILES string of the molecule is O=C(C1CC1)N1CC(F)(c2ccc(C3=CC(c4ccc(Cl)c(C(F)(F)F)c4)(C(F)(F)F)ON3)cc2)C1. The smallest absolute Gasteiger partial charge is 0.335 e. The van der Waals surface area contributed by atoms with Crippen molar-refractivity contribution in [3.8, 4) is 0 Å². The van der Waals surface area contributed by atoms with Crippen LogP contribution in [-0.2, 0) is 27.1 Å². The third-order valence-corrected chi connectivity index (χ3v) is 6.96. The minimum Gasteiger partial charge on any atom is -0.335 e. The summed E-state index contributed by atoms with van der Waals surface area (Å²) < 4.78 is 97.5. The standard InChI is InChI=1S/C24H18ClF7N2O2/c25-18-8-7-16(9-17(18)23(27,28)29)22(24(30,31)32)10-19(33-36-22)13-3-5-15(6-4-13)21(26)11-34(12-21)20(35)14-1-2-14/h3-10,14,33H,1-2,11-12H2. The summed E-state index contributed by atoms with van der Waals surface area (Å²) in [5.74, 6) is -0.101. The number of likely N-dealkylation sites (tertiary alicyclic amines) is 1. The number of carbonyl (C=O) groups is 1. The fraction of sp³-hybridized carbons (Fsp3) is 0.375. The van der Waals surface area contributed by atoms with E-state index < -0.39 is 39.8 Å². The molecular formula is C24H18ClF7N2O2. The number of hydrogen-bond donors (Lipinski definition) is 1. The molecule has 1 aliphatic carbocycles. The first-order valence-electron chi connectivity index (χ1n) is 10.9. The van der Waals surface area contributed by atoms with Gasteiger partial charge in [-0.25, -0.2) is 4.39 Å². The number of carbonyl (C=O) groups excluding carboxylic acids is 1. The van der Waals surface area contributed by atoms with E-state index in [0.717, 1.165) is 25.0 Å². The van der Waals surface area contributed by atoms with Crippen LogP contribution in [0.3, 0.4) is 0 Å². The summed E-state index contributed by atoms with van der Waals surface area (Å²) >= 11 is 5.56. The summed E-state index contributed by atoms with van der Waals surface area (Å²) in [6, 6.07) is 7.39. The van der Waals surface area contributed by atoms with Crippen LogP contribution in [0.1, 0.15) is 35.1 Å². The van der Waals surface area contributed by atoms with Crippen molar-refractivity contribution in [3.05, 3.63) is 75.8 Å². The molecule has 1 saturated heterocycles. The van der Waals surface area contributed by atoms with Gasteiger partial charge in [0.05, 0.1) is 29.4 Å². The van der Waals surface area contributed by atoms with E-state index in [0.29, 0.717) is 12.1 Å². The van der Waals surface area contributed by atoms with Gasteiger partial charge in [-0.05, 0) is 42.2 Å². The lowest BCUT2D eigenvalue weighted by atomic mass is 9.86. The van der Waals surface area contributed by atoms with Crippen LogP contribution in [0.5, 0.6) is 0 Å². The Bertz CT molecular complexity index is 1230. The molecule has 1 amide bonds. The first kappa shape index (κ1) is 24.9.